The maximum absolute atomic E-state index is 2.24. The minimum atomic E-state index is 0. The minimum absolute atomic E-state index is 0. The fourth-order valence-corrected chi connectivity index (χ4v) is 2.97. The fourth-order valence-electron chi connectivity index (χ4n) is 2.97. The Morgan fingerprint density at radius 3 is 1.70 bits per heavy atom. The van der Waals surface area contributed by atoms with E-state index in [1.165, 1.54) is 32.3 Å². The van der Waals surface area contributed by atoms with Crippen LogP contribution in [0, 0.1) is 0 Å². The van der Waals surface area contributed by atoms with Crippen LogP contribution in [0.5, 0.6) is 0 Å². The Kier molecular flexibility index (Phi) is 4.88. The molecule has 5 aromatic rings. The SMILES string of the molecule is [H-].[H-].[Hf+4].c1ccc2[cH-]ccc2c1.c1ccc2c(c1)[cH-]c1ccccc12. The molecule has 5 rings (SSSR count). The molecule has 0 fully saturated rings. The Morgan fingerprint density at radius 2 is 1.09 bits per heavy atom. The molecule has 0 nitrogen and oxygen atoms in total. The average molecular weight is 461 g/mol. The summed E-state index contributed by atoms with van der Waals surface area (Å²) in [6, 6.07) is 33.9. The van der Waals surface area contributed by atoms with E-state index in [-0.39, 0.29) is 28.7 Å². The summed E-state index contributed by atoms with van der Waals surface area (Å²) in [7, 11) is 0. The molecule has 0 atom stereocenters. The van der Waals surface area contributed by atoms with E-state index in [1.807, 2.05) is 0 Å². The molecule has 0 aliphatic carbocycles. The van der Waals surface area contributed by atoms with E-state index in [9.17, 15) is 0 Å². The van der Waals surface area contributed by atoms with Gasteiger partial charge in [0.15, 0.2) is 0 Å². The second-order valence-electron chi connectivity index (χ2n) is 5.47. The quantitative estimate of drug-likeness (QED) is 0.183. The van der Waals surface area contributed by atoms with Crippen LogP contribution in [0.25, 0.3) is 32.3 Å². The number of benzene rings is 3. The molecule has 1 heteroatoms. The van der Waals surface area contributed by atoms with Gasteiger partial charge in [0, 0.05) is 0 Å². The molecule has 5 aromatic carbocycles. The third kappa shape index (κ3) is 3.20. The van der Waals surface area contributed by atoms with Gasteiger partial charge in [0.2, 0.25) is 0 Å². The Balaban J connectivity index is 0.000000234. The van der Waals surface area contributed by atoms with Gasteiger partial charge in [-0.15, -0.1) is 69.4 Å². The van der Waals surface area contributed by atoms with Crippen LogP contribution >= 0.6 is 0 Å². The summed E-state index contributed by atoms with van der Waals surface area (Å²) in [6.07, 6.45) is 0. The smallest absolute Gasteiger partial charge is 1.00 e. The molecule has 0 unspecified atom stereocenters. The van der Waals surface area contributed by atoms with Crippen molar-refractivity contribution >= 4 is 32.3 Å². The summed E-state index contributed by atoms with van der Waals surface area (Å²) in [5.74, 6) is 0. The summed E-state index contributed by atoms with van der Waals surface area (Å²) in [6.45, 7) is 0. The molecule has 0 bridgehead atoms. The van der Waals surface area contributed by atoms with Crippen molar-refractivity contribution in [1.82, 2.24) is 0 Å². The zero-order valence-corrected chi connectivity index (χ0v) is 16.3. The van der Waals surface area contributed by atoms with E-state index >= 15 is 0 Å². The van der Waals surface area contributed by atoms with Crippen molar-refractivity contribution in [3.05, 3.63) is 97.1 Å². The predicted molar refractivity (Wildman–Crippen MR) is 98.8 cm³/mol. The van der Waals surface area contributed by atoms with Crippen LogP contribution in [-0.4, -0.2) is 0 Å². The Bertz CT molecular complexity index is 963. The van der Waals surface area contributed by atoms with Crippen molar-refractivity contribution in [2.24, 2.45) is 0 Å². The molecule has 0 N–H and O–H groups in total. The van der Waals surface area contributed by atoms with Gasteiger partial charge in [-0.2, -0.15) is 17.5 Å². The number of hydrogen-bond donors (Lipinski definition) is 0. The van der Waals surface area contributed by atoms with Crippen molar-refractivity contribution in [2.45, 2.75) is 0 Å². The van der Waals surface area contributed by atoms with E-state index in [0.717, 1.165) is 0 Å². The van der Waals surface area contributed by atoms with E-state index in [1.54, 1.807) is 0 Å². The Labute approximate surface area is 157 Å². The van der Waals surface area contributed by atoms with E-state index in [4.69, 9.17) is 0 Å². The van der Waals surface area contributed by atoms with Crippen LogP contribution in [0.1, 0.15) is 2.85 Å². The van der Waals surface area contributed by atoms with Crippen LogP contribution in [0.15, 0.2) is 97.1 Å². The van der Waals surface area contributed by atoms with Crippen LogP contribution in [-0.2, 0) is 25.8 Å². The van der Waals surface area contributed by atoms with Crippen molar-refractivity contribution in [3.63, 3.8) is 0 Å². The van der Waals surface area contributed by atoms with Gasteiger partial charge in [-0.3, -0.25) is 0 Å². The van der Waals surface area contributed by atoms with Gasteiger partial charge in [0.05, 0.1) is 0 Å². The molecule has 0 aliphatic heterocycles. The average Bonchev–Trinajstić information content (AvgIpc) is 3.19. The first kappa shape index (κ1) is 15.9. The maximum Gasteiger partial charge on any atom is 4.00 e. The molecule has 0 amide bonds. The Morgan fingerprint density at radius 1 is 0.565 bits per heavy atom. The predicted octanol–water partition coefficient (Wildman–Crippen LogP) is 6.49. The van der Waals surface area contributed by atoms with Crippen LogP contribution < -0.4 is 0 Å². The monoisotopic (exact) mass is 462 g/mol. The van der Waals surface area contributed by atoms with Crippen LogP contribution in [0.3, 0.4) is 0 Å². The number of rotatable bonds is 0. The minimum Gasteiger partial charge on any atom is -1.00 e. The molecule has 110 valence electrons. The van der Waals surface area contributed by atoms with Gasteiger partial charge in [-0.25, -0.2) is 0 Å². The molecule has 0 spiro atoms. The van der Waals surface area contributed by atoms with Gasteiger partial charge in [-0.05, 0) is 0 Å². The first-order chi connectivity index (χ1) is 10.9. The molecular formula is C22H18Hf. The van der Waals surface area contributed by atoms with Gasteiger partial charge < -0.3 is 2.85 Å². The summed E-state index contributed by atoms with van der Waals surface area (Å²) < 4.78 is 0. The second kappa shape index (κ2) is 7.06. The first-order valence-corrected chi connectivity index (χ1v) is 7.55. The van der Waals surface area contributed by atoms with Crippen molar-refractivity contribution in [2.75, 3.05) is 0 Å². The number of hydrogen-bond acceptors (Lipinski definition) is 0. The number of fused-ring (bicyclic) bond motifs is 4. The van der Waals surface area contributed by atoms with Gasteiger partial charge in [-0.1, -0.05) is 42.5 Å². The fraction of sp³-hybridized carbons (Fsp3) is 0. The van der Waals surface area contributed by atoms with Gasteiger partial charge >= 0.3 is 25.8 Å². The van der Waals surface area contributed by atoms with Crippen LogP contribution in [0.2, 0.25) is 0 Å². The summed E-state index contributed by atoms with van der Waals surface area (Å²) in [4.78, 5) is 0. The van der Waals surface area contributed by atoms with E-state index in [2.05, 4.69) is 97.1 Å². The van der Waals surface area contributed by atoms with Gasteiger partial charge in [0.1, 0.15) is 0 Å². The van der Waals surface area contributed by atoms with Crippen molar-refractivity contribution < 1.29 is 28.7 Å². The molecule has 0 saturated carbocycles. The third-order valence-corrected chi connectivity index (χ3v) is 4.07. The molecule has 0 radical (unpaired) electrons. The third-order valence-electron chi connectivity index (χ3n) is 4.07. The molecule has 0 saturated heterocycles. The Hall–Kier alpha value is -1.99. The molecule has 23 heavy (non-hydrogen) atoms. The normalized spacial score (nSPS) is 10.3. The topological polar surface area (TPSA) is 0 Å². The second-order valence-corrected chi connectivity index (χ2v) is 5.47. The molecule has 0 heterocycles. The zero-order chi connectivity index (χ0) is 14.8. The van der Waals surface area contributed by atoms with Gasteiger partial charge in [0.25, 0.3) is 0 Å². The van der Waals surface area contributed by atoms with Crippen LogP contribution in [0.4, 0.5) is 0 Å². The van der Waals surface area contributed by atoms with E-state index in [0.29, 0.717) is 0 Å². The van der Waals surface area contributed by atoms with Crippen molar-refractivity contribution in [1.29, 1.82) is 0 Å². The molecular weight excluding hydrogens is 443 g/mol. The maximum atomic E-state index is 2.24. The van der Waals surface area contributed by atoms with Crippen molar-refractivity contribution in [3.8, 4) is 0 Å². The largest absolute Gasteiger partial charge is 4.00 e. The first-order valence-electron chi connectivity index (χ1n) is 7.55. The molecule has 0 aliphatic rings. The summed E-state index contributed by atoms with van der Waals surface area (Å²) in [5, 5.41) is 8.05. The van der Waals surface area contributed by atoms with E-state index < -0.39 is 0 Å². The summed E-state index contributed by atoms with van der Waals surface area (Å²) >= 11 is 0. The molecule has 0 aromatic heterocycles. The summed E-state index contributed by atoms with van der Waals surface area (Å²) in [5.41, 5.74) is 0. The standard InChI is InChI=1S/C13H9.C9H7.Hf.2H/c1-3-7-12-10(5-1)9-11-6-2-4-8-13(11)12;1-2-5-9-7-3-6-8(9)4-1;;;/h1-9H;1-7H;;;/q2*-1;+4;2*-1. The zero-order valence-electron chi connectivity index (χ0n) is 14.7.